The van der Waals surface area contributed by atoms with E-state index in [1.54, 1.807) is 25.4 Å². The standard InChI is InChI=1S/C16H18FN3O2/c1-19-10-11(13-9-12(18)2-3-14(13)17)8-15(16(19)21)20-4-6-22-7-5-20/h2-3,8-10H,4-7,18H2,1H3. The van der Waals surface area contributed by atoms with Crippen LogP contribution < -0.4 is 16.2 Å². The van der Waals surface area contributed by atoms with E-state index in [0.29, 0.717) is 48.8 Å². The Kier molecular flexibility index (Phi) is 3.85. The number of rotatable bonds is 2. The first-order valence-electron chi connectivity index (χ1n) is 7.15. The topological polar surface area (TPSA) is 60.5 Å². The maximum Gasteiger partial charge on any atom is 0.273 e. The molecule has 6 heteroatoms. The monoisotopic (exact) mass is 303 g/mol. The summed E-state index contributed by atoms with van der Waals surface area (Å²) in [6, 6.07) is 6.16. The van der Waals surface area contributed by atoms with Crippen molar-refractivity contribution in [2.75, 3.05) is 36.9 Å². The summed E-state index contributed by atoms with van der Waals surface area (Å²) in [6.07, 6.45) is 1.63. The van der Waals surface area contributed by atoms with Crippen molar-refractivity contribution in [3.63, 3.8) is 0 Å². The van der Waals surface area contributed by atoms with Gasteiger partial charge in [0.25, 0.3) is 5.56 Å². The van der Waals surface area contributed by atoms with Gasteiger partial charge in [0.05, 0.1) is 13.2 Å². The number of nitrogens with two attached hydrogens (primary N) is 1. The maximum absolute atomic E-state index is 14.1. The van der Waals surface area contributed by atoms with Crippen LogP contribution in [0.1, 0.15) is 0 Å². The second kappa shape index (κ2) is 5.81. The van der Waals surface area contributed by atoms with Crippen molar-refractivity contribution < 1.29 is 9.13 Å². The van der Waals surface area contributed by atoms with Gasteiger partial charge in [-0.3, -0.25) is 4.79 Å². The van der Waals surface area contributed by atoms with Gasteiger partial charge in [-0.25, -0.2) is 4.39 Å². The Labute approximate surface area is 127 Å². The fourth-order valence-corrected chi connectivity index (χ4v) is 2.64. The number of ether oxygens (including phenoxy) is 1. The highest BCUT2D eigenvalue weighted by molar-refractivity contribution is 5.70. The third-order valence-corrected chi connectivity index (χ3v) is 3.82. The van der Waals surface area contributed by atoms with E-state index in [9.17, 15) is 9.18 Å². The van der Waals surface area contributed by atoms with Gasteiger partial charge in [-0.1, -0.05) is 0 Å². The highest BCUT2D eigenvalue weighted by atomic mass is 19.1. The van der Waals surface area contributed by atoms with Gasteiger partial charge in [0, 0.05) is 43.1 Å². The molecule has 0 amide bonds. The number of hydrogen-bond acceptors (Lipinski definition) is 4. The van der Waals surface area contributed by atoms with Crippen LogP contribution in [0.15, 0.2) is 35.3 Å². The summed E-state index contributed by atoms with van der Waals surface area (Å²) in [5.41, 5.74) is 7.72. The molecular weight excluding hydrogens is 285 g/mol. The number of aryl methyl sites for hydroxylation is 1. The molecule has 1 aliphatic rings. The first-order valence-corrected chi connectivity index (χ1v) is 7.15. The van der Waals surface area contributed by atoms with E-state index in [-0.39, 0.29) is 11.4 Å². The summed E-state index contributed by atoms with van der Waals surface area (Å²) < 4.78 is 20.9. The lowest BCUT2D eigenvalue weighted by Gasteiger charge is -2.28. The van der Waals surface area contributed by atoms with Gasteiger partial charge in [-0.15, -0.1) is 0 Å². The summed E-state index contributed by atoms with van der Waals surface area (Å²) in [6.45, 7) is 2.47. The highest BCUT2D eigenvalue weighted by Gasteiger charge is 2.17. The van der Waals surface area contributed by atoms with Crippen LogP contribution in [0, 0.1) is 5.82 Å². The van der Waals surface area contributed by atoms with Crippen molar-refractivity contribution in [1.82, 2.24) is 4.57 Å². The van der Waals surface area contributed by atoms with Gasteiger partial charge in [0.15, 0.2) is 0 Å². The van der Waals surface area contributed by atoms with Crippen LogP contribution in [0.25, 0.3) is 11.1 Å². The summed E-state index contributed by atoms with van der Waals surface area (Å²) in [4.78, 5) is 14.3. The Morgan fingerprint density at radius 1 is 1.23 bits per heavy atom. The summed E-state index contributed by atoms with van der Waals surface area (Å²) in [7, 11) is 1.67. The van der Waals surface area contributed by atoms with Crippen molar-refractivity contribution in [3.05, 3.63) is 46.6 Å². The van der Waals surface area contributed by atoms with Gasteiger partial charge in [0.1, 0.15) is 11.5 Å². The molecule has 0 bridgehead atoms. The molecule has 116 valence electrons. The molecule has 3 rings (SSSR count). The molecular formula is C16H18FN3O2. The molecule has 1 aromatic heterocycles. The third-order valence-electron chi connectivity index (χ3n) is 3.82. The Bertz CT molecular complexity index is 752. The number of morpholine rings is 1. The van der Waals surface area contributed by atoms with Crippen molar-refractivity contribution >= 4 is 11.4 Å². The van der Waals surface area contributed by atoms with Crippen LogP contribution in [0.5, 0.6) is 0 Å². The second-order valence-electron chi connectivity index (χ2n) is 5.37. The number of aromatic nitrogens is 1. The molecule has 1 saturated heterocycles. The Hall–Kier alpha value is -2.34. The zero-order valence-corrected chi connectivity index (χ0v) is 12.4. The van der Waals surface area contributed by atoms with Gasteiger partial charge >= 0.3 is 0 Å². The number of hydrogen-bond donors (Lipinski definition) is 1. The van der Waals surface area contributed by atoms with Gasteiger partial charge in [0.2, 0.25) is 0 Å². The average Bonchev–Trinajstić information content (AvgIpc) is 2.53. The molecule has 2 heterocycles. The zero-order chi connectivity index (χ0) is 15.7. The number of benzene rings is 1. The second-order valence-corrected chi connectivity index (χ2v) is 5.37. The van der Waals surface area contributed by atoms with Crippen LogP contribution in [0.3, 0.4) is 0 Å². The van der Waals surface area contributed by atoms with Crippen molar-refractivity contribution in [2.45, 2.75) is 0 Å². The van der Waals surface area contributed by atoms with Gasteiger partial charge in [-0.05, 0) is 24.3 Å². The molecule has 2 N–H and O–H groups in total. The molecule has 5 nitrogen and oxygen atoms in total. The number of nitrogens with zero attached hydrogens (tertiary/aromatic N) is 2. The molecule has 0 unspecified atom stereocenters. The zero-order valence-electron chi connectivity index (χ0n) is 12.4. The van der Waals surface area contributed by atoms with Crippen molar-refractivity contribution in [1.29, 1.82) is 0 Å². The van der Waals surface area contributed by atoms with E-state index in [4.69, 9.17) is 10.5 Å². The molecule has 0 saturated carbocycles. The fourth-order valence-electron chi connectivity index (χ4n) is 2.64. The number of halogens is 1. The fraction of sp³-hybridized carbons (Fsp3) is 0.312. The lowest BCUT2D eigenvalue weighted by atomic mass is 10.1. The summed E-state index contributed by atoms with van der Waals surface area (Å²) in [5, 5.41) is 0. The van der Waals surface area contributed by atoms with E-state index >= 15 is 0 Å². The van der Waals surface area contributed by atoms with E-state index in [1.165, 1.54) is 16.7 Å². The predicted octanol–water partition coefficient (Wildman–Crippen LogP) is 1.61. The normalized spacial score (nSPS) is 15.1. The minimum atomic E-state index is -0.360. The maximum atomic E-state index is 14.1. The molecule has 0 radical (unpaired) electrons. The third kappa shape index (κ3) is 2.69. The summed E-state index contributed by atoms with van der Waals surface area (Å²) in [5.74, 6) is -0.360. The van der Waals surface area contributed by atoms with Crippen LogP contribution in [0.2, 0.25) is 0 Å². The molecule has 1 aliphatic heterocycles. The van der Waals surface area contributed by atoms with Crippen LogP contribution >= 0.6 is 0 Å². The lowest BCUT2D eigenvalue weighted by molar-refractivity contribution is 0.122. The van der Waals surface area contributed by atoms with Gasteiger partial charge < -0.3 is 19.9 Å². The lowest BCUT2D eigenvalue weighted by Crippen LogP contribution is -2.40. The van der Waals surface area contributed by atoms with Gasteiger partial charge in [-0.2, -0.15) is 0 Å². The van der Waals surface area contributed by atoms with E-state index in [0.717, 1.165) is 0 Å². The van der Waals surface area contributed by atoms with Crippen molar-refractivity contribution in [2.24, 2.45) is 7.05 Å². The Morgan fingerprint density at radius 2 is 1.95 bits per heavy atom. The smallest absolute Gasteiger partial charge is 0.273 e. The first kappa shape index (κ1) is 14.6. The molecule has 0 atom stereocenters. The minimum Gasteiger partial charge on any atom is -0.399 e. The molecule has 0 aliphatic carbocycles. The first-order chi connectivity index (χ1) is 10.6. The molecule has 0 spiro atoms. The molecule has 2 aromatic rings. The minimum absolute atomic E-state index is 0.102. The molecule has 1 fully saturated rings. The summed E-state index contributed by atoms with van der Waals surface area (Å²) >= 11 is 0. The van der Waals surface area contributed by atoms with E-state index in [1.807, 2.05) is 4.90 Å². The number of nitrogen functional groups attached to an aromatic ring is 1. The van der Waals surface area contributed by atoms with Crippen LogP contribution in [0.4, 0.5) is 15.8 Å². The SMILES string of the molecule is Cn1cc(-c2cc(N)ccc2F)cc(N2CCOCC2)c1=O. The highest BCUT2D eigenvalue weighted by Crippen LogP contribution is 2.27. The number of pyridine rings is 1. The van der Waals surface area contributed by atoms with Crippen LogP contribution in [-0.2, 0) is 11.8 Å². The average molecular weight is 303 g/mol. The molecule has 1 aromatic carbocycles. The van der Waals surface area contributed by atoms with Crippen molar-refractivity contribution in [3.8, 4) is 11.1 Å². The van der Waals surface area contributed by atoms with E-state index < -0.39 is 0 Å². The Balaban J connectivity index is 2.11. The Morgan fingerprint density at radius 3 is 2.68 bits per heavy atom. The largest absolute Gasteiger partial charge is 0.399 e. The number of anilines is 2. The quantitative estimate of drug-likeness (QED) is 0.856. The predicted molar refractivity (Wildman–Crippen MR) is 84.5 cm³/mol. The van der Waals surface area contributed by atoms with Crippen LogP contribution in [-0.4, -0.2) is 30.9 Å². The molecule has 22 heavy (non-hydrogen) atoms. The van der Waals surface area contributed by atoms with E-state index in [2.05, 4.69) is 0 Å².